The number of carbonyl (C=O) groups is 7. The van der Waals surface area contributed by atoms with Crippen molar-refractivity contribution in [3.8, 4) is 38.4 Å². The van der Waals surface area contributed by atoms with E-state index < -0.39 is 184 Å². The van der Waals surface area contributed by atoms with E-state index in [1.54, 1.807) is 12.1 Å². The molecule has 0 bridgehead atoms. The number of amides is 7. The fourth-order valence-corrected chi connectivity index (χ4v) is 12.5. The van der Waals surface area contributed by atoms with E-state index >= 15 is 0 Å². The molecule has 13 atom stereocenters. The molecule has 3 aliphatic heterocycles. The maximum Gasteiger partial charge on any atom is 0.261 e. The molecule has 4 heterocycles. The number of hydrogen-bond acceptors (Lipinski definition) is 26. The number of ether oxygens (including phenoxy) is 1. The minimum atomic E-state index is -2.16. The smallest absolute Gasteiger partial charge is 0.261 e. The molecule has 7 amide bonds. The minimum Gasteiger partial charge on any atom is -0.504 e. The van der Waals surface area contributed by atoms with Gasteiger partial charge in [-0.05, 0) is 99.7 Å². The zero-order chi connectivity index (χ0) is 66.3. The summed E-state index contributed by atoms with van der Waals surface area (Å²) in [6.45, 7) is -0.320. The maximum atomic E-state index is 15.0. The van der Waals surface area contributed by atoms with Crippen LogP contribution in [0.4, 0.5) is 0 Å². The Morgan fingerprint density at radius 1 is 0.761 bits per heavy atom. The Morgan fingerprint density at radius 3 is 2.05 bits per heavy atom. The van der Waals surface area contributed by atoms with Crippen molar-refractivity contribution >= 4 is 65.0 Å². The molecule has 3 saturated heterocycles. The first-order valence-corrected chi connectivity index (χ1v) is 31.5. The predicted octanol–water partition coefficient (Wildman–Crippen LogP) is -2.07. The third kappa shape index (κ3) is 18.1. The van der Waals surface area contributed by atoms with Gasteiger partial charge in [-0.25, -0.2) is 5.26 Å². The number of aromatic hydroxyl groups is 1. The number of aliphatic hydroxyl groups excluding tert-OH is 8. The van der Waals surface area contributed by atoms with Crippen molar-refractivity contribution < 1.29 is 103 Å². The molecule has 4 aliphatic rings. The van der Waals surface area contributed by atoms with E-state index in [0.29, 0.717) is 15.6 Å². The van der Waals surface area contributed by atoms with E-state index in [2.05, 4.69) is 51.5 Å². The molecule has 16 N–H and O–H groups in total. The lowest BCUT2D eigenvalue weighted by molar-refractivity contribution is -0.433. The molecule has 8 rings (SSSR count). The van der Waals surface area contributed by atoms with Crippen LogP contribution in [0.2, 0.25) is 0 Å². The van der Waals surface area contributed by atoms with Crippen LogP contribution >= 0.6 is 23.7 Å². The Hall–Kier alpha value is -7.22. The van der Waals surface area contributed by atoms with Gasteiger partial charge < -0.3 is 96.6 Å². The van der Waals surface area contributed by atoms with Crippen LogP contribution in [-0.2, 0) is 44.6 Å². The topological polar surface area (TPSA) is 463 Å². The highest BCUT2D eigenvalue weighted by Gasteiger charge is 2.50. The average Bonchev–Trinajstić information content (AvgIpc) is 1.63. The molecule has 1 unspecified atom stereocenters. The molecule has 0 spiro atoms. The number of fused-ring (bicyclic) bond motifs is 2. The van der Waals surface area contributed by atoms with Gasteiger partial charge in [-0.1, -0.05) is 52.3 Å². The Morgan fingerprint density at radius 2 is 1.40 bits per heavy atom. The van der Waals surface area contributed by atoms with Gasteiger partial charge in [0.25, 0.3) is 18.2 Å². The number of benzene rings is 3. The molecule has 92 heavy (non-hydrogen) atoms. The molecule has 4 fully saturated rings. The Balaban J connectivity index is 1.09. The van der Waals surface area contributed by atoms with Crippen molar-refractivity contribution in [2.45, 2.75) is 157 Å². The van der Waals surface area contributed by atoms with Crippen molar-refractivity contribution in [2.24, 2.45) is 5.92 Å². The van der Waals surface area contributed by atoms with E-state index in [4.69, 9.17) is 14.2 Å². The quantitative estimate of drug-likeness (QED) is 0.0184. The lowest BCUT2D eigenvalue weighted by Crippen LogP contribution is -2.64. The van der Waals surface area contributed by atoms with Gasteiger partial charge in [-0.3, -0.25) is 33.6 Å². The summed E-state index contributed by atoms with van der Waals surface area (Å²) < 4.78 is 15.5. The van der Waals surface area contributed by atoms with Crippen molar-refractivity contribution in [1.82, 2.24) is 51.9 Å². The predicted molar refractivity (Wildman–Crippen MR) is 325 cm³/mol. The summed E-state index contributed by atoms with van der Waals surface area (Å²) >= 11 is 1.37. The lowest BCUT2D eigenvalue weighted by Gasteiger charge is -2.34. The molecule has 4 aromatic rings. The van der Waals surface area contributed by atoms with Gasteiger partial charge in [-0.2, -0.15) is 0 Å². The second-order valence-electron chi connectivity index (χ2n) is 23.3. The largest absolute Gasteiger partial charge is 0.504 e. The number of rotatable bonds is 21. The summed E-state index contributed by atoms with van der Waals surface area (Å²) in [6, 6.07) is 4.91. The van der Waals surface area contributed by atoms with E-state index in [-0.39, 0.29) is 48.4 Å². The minimum absolute atomic E-state index is 0.0126. The number of β-amino-alcohol motifs (C(OH)–C–C–N with tert-alkyl or cyclic N) is 1. The van der Waals surface area contributed by atoms with Crippen LogP contribution in [0.5, 0.6) is 17.2 Å². The number of aliphatic hydroxyl groups is 8. The molecule has 33 heteroatoms. The van der Waals surface area contributed by atoms with Gasteiger partial charge in [0.15, 0.2) is 11.5 Å². The Labute approximate surface area is 536 Å². The summed E-state index contributed by atoms with van der Waals surface area (Å²) in [4.78, 5) is 104. The highest BCUT2D eigenvalue weighted by atomic mass is 32.2. The molecule has 502 valence electrons. The number of aromatic nitrogens is 2. The average molecular weight is 1330 g/mol. The summed E-state index contributed by atoms with van der Waals surface area (Å²) in [7, 11) is 0. The summed E-state index contributed by atoms with van der Waals surface area (Å²) in [5, 5.41) is 136. The number of hydrogen-bond donors (Lipinski definition) is 16. The Kier molecular flexibility index (Phi) is 25.4. The van der Waals surface area contributed by atoms with Gasteiger partial charge in [0.1, 0.15) is 52.0 Å². The zero-order valence-corrected chi connectivity index (χ0v) is 51.8. The first-order chi connectivity index (χ1) is 44.1. The molecule has 1 aromatic heterocycles. The Bertz CT molecular complexity index is 3160. The first-order valence-electron chi connectivity index (χ1n) is 30.1. The second kappa shape index (κ2) is 33.1. The van der Waals surface area contributed by atoms with Crippen LogP contribution in [0.3, 0.4) is 0 Å². The summed E-state index contributed by atoms with van der Waals surface area (Å²) in [6.07, 6.45) is -6.97. The molecule has 0 radical (unpaired) electrons. The molecule has 1 saturated carbocycles. The van der Waals surface area contributed by atoms with Crippen LogP contribution in [0, 0.1) is 5.92 Å². The lowest BCUT2D eigenvalue weighted by atomic mass is 9.98. The monoisotopic (exact) mass is 1330 g/mol. The van der Waals surface area contributed by atoms with E-state index in [1.165, 1.54) is 42.9 Å². The second-order valence-corrected chi connectivity index (χ2v) is 24.7. The van der Waals surface area contributed by atoms with Crippen LogP contribution < -0.4 is 40.8 Å². The van der Waals surface area contributed by atoms with Crippen molar-refractivity contribution in [1.29, 1.82) is 0 Å². The molecule has 31 nitrogen and oxygen atoms in total. The van der Waals surface area contributed by atoms with Crippen molar-refractivity contribution in [3.63, 3.8) is 0 Å². The number of carbonyl (C=O) groups excluding carboxylic acids is 7. The van der Waals surface area contributed by atoms with E-state index in [0.717, 1.165) is 65.9 Å². The fourth-order valence-electron chi connectivity index (χ4n) is 11.4. The van der Waals surface area contributed by atoms with Gasteiger partial charge in [0.2, 0.25) is 35.4 Å². The highest BCUT2D eigenvalue weighted by Crippen LogP contribution is 2.34. The molecular weight excluding hydrogens is 1250 g/mol. The first kappa shape index (κ1) is 70.6. The van der Waals surface area contributed by atoms with Gasteiger partial charge in [-0.15, -0.1) is 10.2 Å². The van der Waals surface area contributed by atoms with Crippen molar-refractivity contribution in [3.05, 3.63) is 77.9 Å². The highest BCUT2D eigenvalue weighted by molar-refractivity contribution is 7.90. The molecule has 3 aromatic carbocycles. The maximum absolute atomic E-state index is 15.0. The SMILES string of the molecule is C[C@@H](O)[C@@H]1NC(=O)C(NC(=O)c2ccc(-c3nnc(-c4ccc(OC5CCCCC5)cc4)s3)cc2)C[C@@H](O)CNC(=O)[C@@H]2[C@@H](O)[C@@H](C)CN2C(=O)[C@H]([C@H](O)CCNC(CO)CO)NC(=O)[C@H]([C@H](O)Cc2ccc(O)c(OSOOO)c2)NC(=O)[C@@H]2C[C@@H](O)CN2C1=O. The van der Waals surface area contributed by atoms with Crippen LogP contribution in [0.1, 0.15) is 81.1 Å². The number of phenolic OH excluding ortho intramolecular Hbond substituents is 1. The number of phenols is 1. The summed E-state index contributed by atoms with van der Waals surface area (Å²) in [5.74, 6) is -8.85. The van der Waals surface area contributed by atoms with Crippen LogP contribution in [0.25, 0.3) is 21.1 Å². The van der Waals surface area contributed by atoms with Gasteiger partial charge in [0, 0.05) is 61.5 Å². The van der Waals surface area contributed by atoms with Gasteiger partial charge in [0.05, 0.1) is 62.0 Å². The van der Waals surface area contributed by atoms with E-state index in [1.807, 2.05) is 24.3 Å². The number of nitrogens with zero attached hydrogens (tertiary/aromatic N) is 4. The normalized spacial score (nSPS) is 26.0. The number of nitrogens with one attached hydrogen (secondary N) is 6. The van der Waals surface area contributed by atoms with Gasteiger partial charge >= 0.3 is 0 Å². The zero-order valence-electron chi connectivity index (χ0n) is 50.2. The summed E-state index contributed by atoms with van der Waals surface area (Å²) in [5.41, 5.74) is 1.52. The fraction of sp³-hybridized carbons (Fsp3) is 0.542. The van der Waals surface area contributed by atoms with E-state index in [9.17, 15) is 79.5 Å². The molecular formula is C59H78N10O21S2. The van der Waals surface area contributed by atoms with Crippen molar-refractivity contribution in [2.75, 3.05) is 39.4 Å². The third-order valence-corrected chi connectivity index (χ3v) is 17.9. The standard InChI is InChI=1S/C59H78N10O21S2/c1-29-25-69-49(50(29)78)55(83)61-24-36(73)22-40(62-51(79)32-9-11-33(12-10-32)56-66-67-57(91-56)34-13-15-39(16-14-34)87-38-6-4-3-5-7-38)52(80)63-46(30(2)72)58(84)68-26-37(74)23-41(68)53(81)64-47(44(77)20-31-8-17-42(75)45(21-31)88-92-90-89-86)54(82)65-48(59(69)85)43(76)18-19-60-35(27-70)28-71/h8-17,21,29-30,35-38,40-41,43-44,46-50,60,70-78,86H,3-7,18-20,22-28H2,1-2H3,(H,61,83)(H,62,79)(H,63,80)(H,64,81)(H,65,82)/t29-,30+,36+,37+,40?,41-,43+,44+,46-,47-,48-,49-,50-/m0/s1. The van der Waals surface area contributed by atoms with Crippen LogP contribution in [-0.4, -0.2) is 237 Å². The molecule has 1 aliphatic carbocycles. The van der Waals surface area contributed by atoms with Crippen LogP contribution in [0.15, 0.2) is 66.7 Å². The third-order valence-electron chi connectivity index (χ3n) is 16.5.